The molecule has 0 bridgehead atoms. The molecule has 0 spiro atoms. The van der Waals surface area contributed by atoms with E-state index < -0.39 is 11.7 Å². The molecule has 3 heteroatoms. The zero-order chi connectivity index (χ0) is 18.2. The summed E-state index contributed by atoms with van der Waals surface area (Å²) in [7, 11) is 0. The molecule has 0 saturated heterocycles. The smallest absolute Gasteiger partial charge is 0.124 e. The zero-order valence-electron chi connectivity index (χ0n) is 14.6. The normalized spacial score (nSPS) is 14.5. The Balaban J connectivity index is 2.07. The second-order valence-electron chi connectivity index (χ2n) is 6.30. The quantitative estimate of drug-likeness (QED) is 0.561. The summed E-state index contributed by atoms with van der Waals surface area (Å²) in [6, 6.07) is 29.6. The molecule has 0 aromatic heterocycles. The van der Waals surface area contributed by atoms with Gasteiger partial charge in [-0.15, -0.1) is 11.6 Å². The molecule has 0 amide bonds. The van der Waals surface area contributed by atoms with Gasteiger partial charge in [-0.3, -0.25) is 0 Å². The predicted molar refractivity (Wildman–Crippen MR) is 106 cm³/mol. The van der Waals surface area contributed by atoms with Gasteiger partial charge < -0.3 is 9.84 Å². The van der Waals surface area contributed by atoms with Crippen molar-refractivity contribution in [2.24, 2.45) is 0 Å². The lowest BCUT2D eigenvalue weighted by atomic mass is 9.79. The van der Waals surface area contributed by atoms with Gasteiger partial charge in [-0.05, 0) is 16.7 Å². The van der Waals surface area contributed by atoms with Crippen molar-refractivity contribution in [3.8, 4) is 0 Å². The van der Waals surface area contributed by atoms with Crippen LogP contribution in [0.25, 0.3) is 0 Å². The van der Waals surface area contributed by atoms with Gasteiger partial charge in [-0.1, -0.05) is 91.0 Å². The SMILES string of the molecule is O[C@](Cc1ccccc1)(c1ccccc1)[C@@H](OCCCl)c1ccccc1. The van der Waals surface area contributed by atoms with Crippen molar-refractivity contribution in [3.63, 3.8) is 0 Å². The van der Waals surface area contributed by atoms with E-state index in [-0.39, 0.29) is 0 Å². The number of ether oxygens (including phenoxy) is 1. The minimum atomic E-state index is -1.21. The minimum Gasteiger partial charge on any atom is -0.382 e. The summed E-state index contributed by atoms with van der Waals surface area (Å²) in [6.07, 6.45) is -0.0789. The maximum atomic E-state index is 11.9. The second kappa shape index (κ2) is 9.00. The summed E-state index contributed by atoms with van der Waals surface area (Å²) in [4.78, 5) is 0. The lowest BCUT2D eigenvalue weighted by Gasteiger charge is -2.37. The van der Waals surface area contributed by atoms with Gasteiger partial charge in [0.1, 0.15) is 11.7 Å². The molecule has 0 aliphatic rings. The van der Waals surface area contributed by atoms with Crippen LogP contribution in [0.1, 0.15) is 22.8 Å². The Morgan fingerprint density at radius 1 is 0.808 bits per heavy atom. The average Bonchev–Trinajstić information content (AvgIpc) is 2.70. The number of rotatable bonds is 8. The Morgan fingerprint density at radius 3 is 1.92 bits per heavy atom. The Kier molecular flexibility index (Phi) is 6.45. The molecule has 0 radical (unpaired) electrons. The van der Waals surface area contributed by atoms with Crippen LogP contribution in [0.2, 0.25) is 0 Å². The Hall–Kier alpha value is -2.13. The summed E-state index contributed by atoms with van der Waals surface area (Å²) in [5.74, 6) is 0.375. The molecular formula is C23H23ClO2. The lowest BCUT2D eigenvalue weighted by molar-refractivity contribution is -0.115. The first-order valence-corrected chi connectivity index (χ1v) is 9.32. The zero-order valence-corrected chi connectivity index (χ0v) is 15.3. The van der Waals surface area contributed by atoms with Crippen molar-refractivity contribution in [3.05, 3.63) is 108 Å². The fraction of sp³-hybridized carbons (Fsp3) is 0.217. The molecule has 0 heterocycles. The van der Waals surface area contributed by atoms with Gasteiger partial charge in [0.15, 0.2) is 0 Å². The molecule has 1 N–H and O–H groups in total. The van der Waals surface area contributed by atoms with Gasteiger partial charge in [0.2, 0.25) is 0 Å². The highest BCUT2D eigenvalue weighted by atomic mass is 35.5. The van der Waals surface area contributed by atoms with Crippen LogP contribution in [0.3, 0.4) is 0 Å². The van der Waals surface area contributed by atoms with E-state index in [9.17, 15) is 5.11 Å². The molecule has 0 unspecified atom stereocenters. The highest BCUT2D eigenvalue weighted by Crippen LogP contribution is 2.40. The monoisotopic (exact) mass is 366 g/mol. The van der Waals surface area contributed by atoms with Crippen LogP contribution in [-0.2, 0) is 16.8 Å². The third kappa shape index (κ3) is 4.34. The number of hydrogen-bond donors (Lipinski definition) is 1. The van der Waals surface area contributed by atoms with Gasteiger partial charge in [-0.25, -0.2) is 0 Å². The Bertz CT molecular complexity index is 777. The van der Waals surface area contributed by atoms with Crippen LogP contribution in [0, 0.1) is 0 Å². The molecule has 3 aromatic rings. The maximum Gasteiger partial charge on any atom is 0.124 e. The van der Waals surface area contributed by atoms with E-state index in [0.29, 0.717) is 18.9 Å². The van der Waals surface area contributed by atoms with Crippen LogP contribution >= 0.6 is 11.6 Å². The fourth-order valence-corrected chi connectivity index (χ4v) is 3.37. The summed E-state index contributed by atoms with van der Waals surface area (Å²) in [5, 5.41) is 11.9. The molecule has 26 heavy (non-hydrogen) atoms. The molecular weight excluding hydrogens is 344 g/mol. The van der Waals surface area contributed by atoms with Crippen LogP contribution in [0.15, 0.2) is 91.0 Å². The molecule has 0 aliphatic heterocycles. The van der Waals surface area contributed by atoms with Crippen molar-refractivity contribution in [2.75, 3.05) is 12.5 Å². The average molecular weight is 367 g/mol. The van der Waals surface area contributed by atoms with E-state index in [1.165, 1.54) is 0 Å². The van der Waals surface area contributed by atoms with Crippen molar-refractivity contribution in [1.82, 2.24) is 0 Å². The first-order valence-electron chi connectivity index (χ1n) is 8.78. The van der Waals surface area contributed by atoms with E-state index in [1.807, 2.05) is 91.0 Å². The number of hydrogen-bond acceptors (Lipinski definition) is 2. The number of aliphatic hydroxyl groups is 1. The molecule has 3 aromatic carbocycles. The molecule has 3 rings (SSSR count). The predicted octanol–water partition coefficient (Wildman–Crippen LogP) is 5.11. The van der Waals surface area contributed by atoms with Gasteiger partial charge in [0.05, 0.1) is 6.61 Å². The van der Waals surface area contributed by atoms with Crippen molar-refractivity contribution in [2.45, 2.75) is 18.1 Å². The first kappa shape index (κ1) is 18.7. The topological polar surface area (TPSA) is 29.5 Å². The molecule has 2 nitrogen and oxygen atoms in total. The number of alkyl halides is 1. The molecule has 134 valence electrons. The van der Waals surface area contributed by atoms with E-state index in [4.69, 9.17) is 16.3 Å². The van der Waals surface area contributed by atoms with E-state index in [1.54, 1.807) is 0 Å². The van der Waals surface area contributed by atoms with E-state index in [2.05, 4.69) is 0 Å². The molecule has 0 saturated carbocycles. The number of benzene rings is 3. The minimum absolute atomic E-state index is 0.366. The standard InChI is InChI=1S/C23H23ClO2/c24-16-17-26-22(20-12-6-2-7-13-20)23(25,21-14-8-3-9-15-21)18-19-10-4-1-5-11-19/h1-15,22,25H,16-18H2/t22-,23+/m0/s1. The summed E-state index contributed by atoms with van der Waals surface area (Å²) < 4.78 is 6.09. The largest absolute Gasteiger partial charge is 0.382 e. The van der Waals surface area contributed by atoms with Gasteiger partial charge in [0.25, 0.3) is 0 Å². The van der Waals surface area contributed by atoms with Gasteiger partial charge in [0, 0.05) is 12.3 Å². The van der Waals surface area contributed by atoms with Crippen LogP contribution in [0.4, 0.5) is 0 Å². The van der Waals surface area contributed by atoms with Crippen molar-refractivity contribution in [1.29, 1.82) is 0 Å². The first-order chi connectivity index (χ1) is 12.7. The highest BCUT2D eigenvalue weighted by molar-refractivity contribution is 6.17. The summed E-state index contributed by atoms with van der Waals surface area (Å²) >= 11 is 5.88. The third-order valence-electron chi connectivity index (χ3n) is 4.49. The van der Waals surface area contributed by atoms with Crippen molar-refractivity contribution < 1.29 is 9.84 Å². The van der Waals surface area contributed by atoms with Crippen LogP contribution in [-0.4, -0.2) is 17.6 Å². The van der Waals surface area contributed by atoms with Crippen molar-refractivity contribution >= 4 is 11.6 Å². The van der Waals surface area contributed by atoms with Crippen LogP contribution < -0.4 is 0 Å². The molecule has 0 fully saturated rings. The van der Waals surface area contributed by atoms with Crippen LogP contribution in [0.5, 0.6) is 0 Å². The Labute approximate surface area is 160 Å². The third-order valence-corrected chi connectivity index (χ3v) is 4.64. The summed E-state index contributed by atoms with van der Waals surface area (Å²) in [5.41, 5.74) is 1.59. The molecule has 2 atom stereocenters. The van der Waals surface area contributed by atoms with E-state index >= 15 is 0 Å². The number of halogens is 1. The van der Waals surface area contributed by atoms with E-state index in [0.717, 1.165) is 16.7 Å². The Morgan fingerprint density at radius 2 is 1.35 bits per heavy atom. The fourth-order valence-electron chi connectivity index (χ4n) is 3.28. The lowest BCUT2D eigenvalue weighted by Crippen LogP contribution is -2.38. The molecule has 0 aliphatic carbocycles. The highest BCUT2D eigenvalue weighted by Gasteiger charge is 2.40. The van der Waals surface area contributed by atoms with Gasteiger partial charge in [-0.2, -0.15) is 0 Å². The summed E-state index contributed by atoms with van der Waals surface area (Å²) in [6.45, 7) is 0.366. The maximum absolute atomic E-state index is 11.9. The second-order valence-corrected chi connectivity index (χ2v) is 6.68. The van der Waals surface area contributed by atoms with Gasteiger partial charge >= 0.3 is 0 Å².